The number of benzene rings is 1. The lowest BCUT2D eigenvalue weighted by Crippen LogP contribution is -2.49. The highest BCUT2D eigenvalue weighted by molar-refractivity contribution is 6.30. The topological polar surface area (TPSA) is 78.4 Å². The van der Waals surface area contributed by atoms with Gasteiger partial charge in [-0.1, -0.05) is 24.4 Å². The third-order valence-corrected chi connectivity index (χ3v) is 3.91. The highest BCUT2D eigenvalue weighted by atomic mass is 35.5. The number of nitrogens with one attached hydrogen (secondary N) is 2. The Morgan fingerprint density at radius 1 is 1.33 bits per heavy atom. The summed E-state index contributed by atoms with van der Waals surface area (Å²) in [5, 5.41) is 14.2. The van der Waals surface area contributed by atoms with Crippen LogP contribution < -0.4 is 10.6 Å². The van der Waals surface area contributed by atoms with Crippen LogP contribution in [0, 0.1) is 5.82 Å². The van der Waals surface area contributed by atoms with Crippen molar-refractivity contribution in [1.29, 1.82) is 0 Å². The van der Waals surface area contributed by atoms with Crippen molar-refractivity contribution in [3.8, 4) is 0 Å². The van der Waals surface area contributed by atoms with Crippen LogP contribution >= 0.6 is 11.6 Å². The minimum absolute atomic E-state index is 0.0286. The van der Waals surface area contributed by atoms with E-state index in [1.165, 1.54) is 12.1 Å². The zero-order chi connectivity index (χ0) is 15.5. The van der Waals surface area contributed by atoms with Crippen molar-refractivity contribution in [2.75, 3.05) is 5.32 Å². The van der Waals surface area contributed by atoms with Gasteiger partial charge in [0.25, 0.3) is 0 Å². The number of carbonyl (C=O) groups is 2. The van der Waals surface area contributed by atoms with Crippen LogP contribution in [0.1, 0.15) is 32.1 Å². The van der Waals surface area contributed by atoms with Gasteiger partial charge in [-0.3, -0.25) is 4.79 Å². The molecule has 114 valence electrons. The van der Waals surface area contributed by atoms with Gasteiger partial charge in [-0.15, -0.1) is 0 Å². The number of halogens is 2. The van der Waals surface area contributed by atoms with E-state index in [1.807, 2.05) is 0 Å². The number of urea groups is 1. The molecule has 0 bridgehead atoms. The standard InChI is InChI=1S/C14H16ClFN2O3/c15-10-4-3-9(7-11(10)16)17-13(21)18-14(8-12(19)20)5-1-2-6-14/h3-4,7H,1-2,5-6,8H2,(H,19,20)(H2,17,18,21). The van der Waals surface area contributed by atoms with Crippen LogP contribution in [0.5, 0.6) is 0 Å². The van der Waals surface area contributed by atoms with E-state index < -0.39 is 23.4 Å². The first kappa shape index (κ1) is 15.6. The van der Waals surface area contributed by atoms with Crippen molar-refractivity contribution >= 4 is 29.3 Å². The molecule has 5 nitrogen and oxygen atoms in total. The third kappa shape index (κ3) is 4.07. The van der Waals surface area contributed by atoms with Gasteiger partial charge in [-0.2, -0.15) is 0 Å². The molecule has 2 amide bonds. The fraction of sp³-hybridized carbons (Fsp3) is 0.429. The van der Waals surface area contributed by atoms with Crippen LogP contribution in [0.15, 0.2) is 18.2 Å². The molecule has 0 spiro atoms. The molecule has 0 heterocycles. The van der Waals surface area contributed by atoms with Crippen LogP contribution in [0.2, 0.25) is 5.02 Å². The summed E-state index contributed by atoms with van der Waals surface area (Å²) in [6.45, 7) is 0. The predicted molar refractivity (Wildman–Crippen MR) is 77.0 cm³/mol. The molecule has 1 aliphatic rings. The fourth-order valence-corrected chi connectivity index (χ4v) is 2.78. The molecule has 0 atom stereocenters. The number of anilines is 1. The molecular formula is C14H16ClFN2O3. The molecule has 0 aliphatic heterocycles. The van der Waals surface area contributed by atoms with Gasteiger partial charge in [-0.05, 0) is 31.0 Å². The number of carboxylic acid groups (broad SMARTS) is 1. The SMILES string of the molecule is O=C(O)CC1(NC(=O)Nc2ccc(Cl)c(F)c2)CCCC1. The molecule has 1 aromatic carbocycles. The molecule has 0 saturated heterocycles. The van der Waals surface area contributed by atoms with Gasteiger partial charge < -0.3 is 15.7 Å². The van der Waals surface area contributed by atoms with E-state index >= 15 is 0 Å². The first-order valence-corrected chi connectivity index (χ1v) is 7.04. The quantitative estimate of drug-likeness (QED) is 0.797. The normalized spacial score (nSPS) is 16.5. The van der Waals surface area contributed by atoms with E-state index in [9.17, 15) is 14.0 Å². The van der Waals surface area contributed by atoms with E-state index in [1.54, 1.807) is 0 Å². The number of hydrogen-bond donors (Lipinski definition) is 3. The van der Waals surface area contributed by atoms with Crippen LogP contribution in [-0.2, 0) is 4.79 Å². The monoisotopic (exact) mass is 314 g/mol. The maximum atomic E-state index is 13.3. The minimum Gasteiger partial charge on any atom is -0.481 e. The lowest BCUT2D eigenvalue weighted by atomic mass is 9.93. The van der Waals surface area contributed by atoms with Crippen molar-refractivity contribution in [3.05, 3.63) is 29.0 Å². The van der Waals surface area contributed by atoms with Gasteiger partial charge in [0.15, 0.2) is 0 Å². The second-order valence-electron chi connectivity index (χ2n) is 5.27. The van der Waals surface area contributed by atoms with Gasteiger partial charge in [0.05, 0.1) is 17.0 Å². The summed E-state index contributed by atoms with van der Waals surface area (Å²) >= 11 is 5.57. The van der Waals surface area contributed by atoms with Gasteiger partial charge in [0.2, 0.25) is 0 Å². The number of aliphatic carboxylic acids is 1. The van der Waals surface area contributed by atoms with Crippen molar-refractivity contribution in [2.45, 2.75) is 37.6 Å². The van der Waals surface area contributed by atoms with Gasteiger partial charge >= 0.3 is 12.0 Å². The number of rotatable bonds is 4. The van der Waals surface area contributed by atoms with Gasteiger partial charge in [0.1, 0.15) is 5.82 Å². The van der Waals surface area contributed by atoms with E-state index in [2.05, 4.69) is 10.6 Å². The second kappa shape index (κ2) is 6.30. The molecule has 1 aliphatic carbocycles. The summed E-state index contributed by atoms with van der Waals surface area (Å²) in [6.07, 6.45) is 2.89. The second-order valence-corrected chi connectivity index (χ2v) is 5.67. The number of hydrogen-bond acceptors (Lipinski definition) is 2. The Bertz CT molecular complexity index is 559. The summed E-state index contributed by atoms with van der Waals surface area (Å²) in [6, 6.07) is 3.39. The summed E-state index contributed by atoms with van der Waals surface area (Å²) in [5.41, 5.74) is -0.459. The van der Waals surface area contributed by atoms with E-state index in [-0.39, 0.29) is 17.1 Å². The molecule has 1 aromatic rings. The molecular weight excluding hydrogens is 299 g/mol. The van der Waals surface area contributed by atoms with Gasteiger partial charge in [-0.25, -0.2) is 9.18 Å². The Hall–Kier alpha value is -1.82. The molecule has 2 rings (SSSR count). The smallest absolute Gasteiger partial charge is 0.319 e. The Labute approximate surface area is 126 Å². The molecule has 0 unspecified atom stereocenters. The van der Waals surface area contributed by atoms with Crippen LogP contribution in [-0.4, -0.2) is 22.6 Å². The van der Waals surface area contributed by atoms with E-state index in [0.29, 0.717) is 12.8 Å². The third-order valence-electron chi connectivity index (χ3n) is 3.61. The number of carboxylic acids is 1. The van der Waals surface area contributed by atoms with Gasteiger partial charge in [0, 0.05) is 5.69 Å². The molecule has 1 fully saturated rings. The Morgan fingerprint density at radius 2 is 2.00 bits per heavy atom. The van der Waals surface area contributed by atoms with E-state index in [0.717, 1.165) is 18.9 Å². The first-order chi connectivity index (χ1) is 9.90. The maximum Gasteiger partial charge on any atom is 0.319 e. The Balaban J connectivity index is 2.02. The Kier molecular flexibility index (Phi) is 4.67. The minimum atomic E-state index is -0.949. The summed E-state index contributed by atoms with van der Waals surface area (Å²) in [5.74, 6) is -1.58. The highest BCUT2D eigenvalue weighted by Crippen LogP contribution is 2.32. The molecule has 21 heavy (non-hydrogen) atoms. The van der Waals surface area contributed by atoms with Crippen LogP contribution in [0.25, 0.3) is 0 Å². The highest BCUT2D eigenvalue weighted by Gasteiger charge is 2.37. The van der Waals surface area contributed by atoms with Crippen LogP contribution in [0.3, 0.4) is 0 Å². The fourth-order valence-electron chi connectivity index (χ4n) is 2.66. The molecule has 7 heteroatoms. The van der Waals surface area contributed by atoms with Crippen molar-refractivity contribution in [1.82, 2.24) is 5.32 Å². The number of carbonyl (C=O) groups excluding carboxylic acids is 1. The lowest BCUT2D eigenvalue weighted by Gasteiger charge is -2.28. The zero-order valence-electron chi connectivity index (χ0n) is 11.3. The average Bonchev–Trinajstić information content (AvgIpc) is 2.80. The summed E-state index contributed by atoms with van der Waals surface area (Å²) < 4.78 is 13.3. The summed E-state index contributed by atoms with van der Waals surface area (Å²) in [7, 11) is 0. The average molecular weight is 315 g/mol. The zero-order valence-corrected chi connectivity index (χ0v) is 12.0. The lowest BCUT2D eigenvalue weighted by molar-refractivity contribution is -0.138. The largest absolute Gasteiger partial charge is 0.481 e. The predicted octanol–water partition coefficient (Wildman–Crippen LogP) is 3.39. The molecule has 3 N–H and O–H groups in total. The van der Waals surface area contributed by atoms with Crippen LogP contribution in [0.4, 0.5) is 14.9 Å². The van der Waals surface area contributed by atoms with Crippen molar-refractivity contribution in [3.63, 3.8) is 0 Å². The first-order valence-electron chi connectivity index (χ1n) is 6.66. The molecule has 0 aromatic heterocycles. The molecule has 1 saturated carbocycles. The van der Waals surface area contributed by atoms with Crippen molar-refractivity contribution in [2.24, 2.45) is 0 Å². The Morgan fingerprint density at radius 3 is 2.57 bits per heavy atom. The van der Waals surface area contributed by atoms with Crippen molar-refractivity contribution < 1.29 is 19.1 Å². The van der Waals surface area contributed by atoms with E-state index in [4.69, 9.17) is 16.7 Å². The maximum absolute atomic E-state index is 13.3. The summed E-state index contributed by atoms with van der Waals surface area (Å²) in [4.78, 5) is 22.9. The molecule has 0 radical (unpaired) electrons. The number of amides is 2.